The van der Waals surface area contributed by atoms with E-state index in [1.165, 1.54) is 36.5 Å². The van der Waals surface area contributed by atoms with E-state index in [0.29, 0.717) is 6.04 Å². The summed E-state index contributed by atoms with van der Waals surface area (Å²) in [6, 6.07) is 15.2. The Morgan fingerprint density at radius 1 is 1.10 bits per heavy atom. The first-order chi connectivity index (χ1) is 9.86. The molecule has 1 N–H and O–H groups in total. The second-order valence-electron chi connectivity index (χ2n) is 5.76. The van der Waals surface area contributed by atoms with E-state index >= 15 is 0 Å². The third-order valence-electron chi connectivity index (χ3n) is 4.49. The molecule has 0 spiro atoms. The molecule has 20 heavy (non-hydrogen) atoms. The summed E-state index contributed by atoms with van der Waals surface area (Å²) in [5.74, 6) is 1.75. The molecule has 1 aliphatic rings. The highest BCUT2D eigenvalue weighted by Gasteiger charge is 2.24. The summed E-state index contributed by atoms with van der Waals surface area (Å²) in [4.78, 5) is 0. The normalized spacial score (nSPS) is 17.4. The highest BCUT2D eigenvalue weighted by Crippen LogP contribution is 2.28. The molecule has 0 aliphatic heterocycles. The zero-order chi connectivity index (χ0) is 13.8. The van der Waals surface area contributed by atoms with Gasteiger partial charge in [-0.3, -0.25) is 0 Å². The van der Waals surface area contributed by atoms with Crippen LogP contribution in [0.2, 0.25) is 0 Å². The lowest BCUT2D eigenvalue weighted by atomic mass is 9.99. The van der Waals surface area contributed by atoms with Gasteiger partial charge in [-0.05, 0) is 48.7 Å². The molecule has 0 radical (unpaired) electrons. The van der Waals surface area contributed by atoms with Crippen LogP contribution in [0.5, 0.6) is 5.75 Å². The topological polar surface area (TPSA) is 21.3 Å². The van der Waals surface area contributed by atoms with Crippen molar-refractivity contribution in [2.24, 2.45) is 5.92 Å². The van der Waals surface area contributed by atoms with Gasteiger partial charge in [0.05, 0.1) is 0 Å². The van der Waals surface area contributed by atoms with E-state index < -0.39 is 0 Å². The number of hydrogen-bond donors (Lipinski definition) is 1. The fourth-order valence-corrected chi connectivity index (χ4v) is 3.26. The SMILES string of the molecule is CNC(COc1ccc2ccccc2c1)C1CCCC1. The Labute approximate surface area is 121 Å². The van der Waals surface area contributed by atoms with Crippen molar-refractivity contribution in [2.45, 2.75) is 31.7 Å². The first-order valence-electron chi connectivity index (χ1n) is 7.65. The van der Waals surface area contributed by atoms with Crippen LogP contribution in [0.1, 0.15) is 25.7 Å². The van der Waals surface area contributed by atoms with E-state index in [0.717, 1.165) is 18.3 Å². The summed E-state index contributed by atoms with van der Waals surface area (Å²) in [6.45, 7) is 0.763. The fourth-order valence-electron chi connectivity index (χ4n) is 3.26. The van der Waals surface area contributed by atoms with Gasteiger partial charge in [-0.15, -0.1) is 0 Å². The molecule has 0 saturated heterocycles. The molecule has 2 aromatic carbocycles. The minimum absolute atomic E-state index is 0.476. The predicted octanol–water partition coefficient (Wildman–Crippen LogP) is 4.00. The maximum absolute atomic E-state index is 6.02. The summed E-state index contributed by atoms with van der Waals surface area (Å²) >= 11 is 0. The van der Waals surface area contributed by atoms with Gasteiger partial charge >= 0.3 is 0 Å². The number of benzene rings is 2. The van der Waals surface area contributed by atoms with Crippen molar-refractivity contribution in [3.63, 3.8) is 0 Å². The lowest BCUT2D eigenvalue weighted by Crippen LogP contribution is -2.37. The second kappa shape index (κ2) is 6.27. The summed E-state index contributed by atoms with van der Waals surface area (Å²) < 4.78 is 6.02. The first-order valence-corrected chi connectivity index (χ1v) is 7.65. The highest BCUT2D eigenvalue weighted by atomic mass is 16.5. The Morgan fingerprint density at radius 2 is 1.85 bits per heavy atom. The second-order valence-corrected chi connectivity index (χ2v) is 5.76. The molecule has 0 aromatic heterocycles. The van der Waals surface area contributed by atoms with Gasteiger partial charge in [0.15, 0.2) is 0 Å². The Morgan fingerprint density at radius 3 is 2.60 bits per heavy atom. The Bertz CT molecular complexity index is 560. The van der Waals surface area contributed by atoms with Gasteiger partial charge in [0.2, 0.25) is 0 Å². The number of fused-ring (bicyclic) bond motifs is 1. The lowest BCUT2D eigenvalue weighted by Gasteiger charge is -2.23. The molecule has 0 bridgehead atoms. The fraction of sp³-hybridized carbons (Fsp3) is 0.444. The Balaban J connectivity index is 1.66. The monoisotopic (exact) mass is 269 g/mol. The smallest absolute Gasteiger partial charge is 0.120 e. The standard InChI is InChI=1S/C18H23NO/c1-19-18(15-7-3-4-8-15)13-20-17-11-10-14-6-2-5-9-16(14)12-17/h2,5-6,9-12,15,18-19H,3-4,7-8,13H2,1H3. The molecule has 106 valence electrons. The molecule has 2 nitrogen and oxygen atoms in total. The molecular weight excluding hydrogens is 246 g/mol. The highest BCUT2D eigenvalue weighted by molar-refractivity contribution is 5.83. The average molecular weight is 269 g/mol. The van der Waals surface area contributed by atoms with Crippen molar-refractivity contribution >= 4 is 10.8 Å². The van der Waals surface area contributed by atoms with Crippen LogP contribution in [-0.2, 0) is 0 Å². The Kier molecular flexibility index (Phi) is 4.22. The van der Waals surface area contributed by atoms with Gasteiger partial charge in [-0.2, -0.15) is 0 Å². The van der Waals surface area contributed by atoms with Crippen LogP contribution in [0.3, 0.4) is 0 Å². The van der Waals surface area contributed by atoms with Gasteiger partial charge in [-0.25, -0.2) is 0 Å². The van der Waals surface area contributed by atoms with Crippen molar-refractivity contribution in [1.29, 1.82) is 0 Å². The molecule has 2 heteroatoms. The quantitative estimate of drug-likeness (QED) is 0.886. The van der Waals surface area contributed by atoms with E-state index in [-0.39, 0.29) is 0 Å². The van der Waals surface area contributed by atoms with Crippen LogP contribution in [-0.4, -0.2) is 19.7 Å². The van der Waals surface area contributed by atoms with E-state index in [1.54, 1.807) is 0 Å². The number of ether oxygens (including phenoxy) is 1. The minimum atomic E-state index is 0.476. The lowest BCUT2D eigenvalue weighted by molar-refractivity contribution is 0.225. The summed E-state index contributed by atoms with van der Waals surface area (Å²) in [6.07, 6.45) is 5.43. The summed E-state index contributed by atoms with van der Waals surface area (Å²) in [5, 5.41) is 5.93. The van der Waals surface area contributed by atoms with E-state index in [4.69, 9.17) is 4.74 Å². The van der Waals surface area contributed by atoms with Crippen molar-refractivity contribution in [3.8, 4) is 5.75 Å². The molecule has 0 heterocycles. The van der Waals surface area contributed by atoms with Gasteiger partial charge < -0.3 is 10.1 Å². The summed E-state index contributed by atoms with van der Waals surface area (Å²) in [5.41, 5.74) is 0. The molecule has 1 aliphatic carbocycles. The van der Waals surface area contributed by atoms with Crippen molar-refractivity contribution < 1.29 is 4.74 Å². The first kappa shape index (κ1) is 13.4. The van der Waals surface area contributed by atoms with Crippen LogP contribution >= 0.6 is 0 Å². The van der Waals surface area contributed by atoms with Crippen LogP contribution in [0.15, 0.2) is 42.5 Å². The Hall–Kier alpha value is -1.54. The van der Waals surface area contributed by atoms with Crippen molar-refractivity contribution in [2.75, 3.05) is 13.7 Å². The van der Waals surface area contributed by atoms with Crippen LogP contribution in [0.25, 0.3) is 10.8 Å². The van der Waals surface area contributed by atoms with E-state index in [1.807, 2.05) is 7.05 Å². The maximum atomic E-state index is 6.02. The van der Waals surface area contributed by atoms with Gasteiger partial charge in [0, 0.05) is 6.04 Å². The number of rotatable bonds is 5. The van der Waals surface area contributed by atoms with Gasteiger partial charge in [0.1, 0.15) is 12.4 Å². The largest absolute Gasteiger partial charge is 0.492 e. The van der Waals surface area contributed by atoms with E-state index in [2.05, 4.69) is 47.8 Å². The number of hydrogen-bond acceptors (Lipinski definition) is 2. The van der Waals surface area contributed by atoms with Crippen LogP contribution < -0.4 is 10.1 Å². The van der Waals surface area contributed by atoms with Gasteiger partial charge in [0.25, 0.3) is 0 Å². The zero-order valence-corrected chi connectivity index (χ0v) is 12.1. The molecule has 0 amide bonds. The molecule has 3 rings (SSSR count). The van der Waals surface area contributed by atoms with Gasteiger partial charge in [-0.1, -0.05) is 43.2 Å². The third kappa shape index (κ3) is 2.96. The van der Waals surface area contributed by atoms with Crippen molar-refractivity contribution in [1.82, 2.24) is 5.32 Å². The zero-order valence-electron chi connectivity index (χ0n) is 12.1. The average Bonchev–Trinajstić information content (AvgIpc) is 3.02. The predicted molar refractivity (Wildman–Crippen MR) is 84.2 cm³/mol. The maximum Gasteiger partial charge on any atom is 0.120 e. The number of nitrogens with one attached hydrogen (secondary N) is 1. The van der Waals surface area contributed by atoms with Crippen LogP contribution in [0.4, 0.5) is 0 Å². The molecule has 1 atom stereocenters. The molecule has 1 unspecified atom stereocenters. The molecular formula is C18H23NO. The van der Waals surface area contributed by atoms with Crippen molar-refractivity contribution in [3.05, 3.63) is 42.5 Å². The molecule has 2 aromatic rings. The van der Waals surface area contributed by atoms with Crippen LogP contribution in [0, 0.1) is 5.92 Å². The number of likely N-dealkylation sites (N-methyl/N-ethyl adjacent to an activating group) is 1. The molecule has 1 fully saturated rings. The van der Waals surface area contributed by atoms with E-state index in [9.17, 15) is 0 Å². The molecule has 1 saturated carbocycles. The third-order valence-corrected chi connectivity index (χ3v) is 4.49. The summed E-state index contributed by atoms with van der Waals surface area (Å²) in [7, 11) is 2.05. The minimum Gasteiger partial charge on any atom is -0.492 e.